The number of benzene rings is 1. The zero-order valence-corrected chi connectivity index (χ0v) is 10.6. The second kappa shape index (κ2) is 8.32. The molecule has 0 aliphatic carbocycles. The number of carbonyl (C=O) groups is 1. The van der Waals surface area contributed by atoms with Gasteiger partial charge in [0.05, 0.1) is 6.61 Å². The van der Waals surface area contributed by atoms with E-state index in [1.54, 1.807) is 6.92 Å². The maximum Gasteiger partial charge on any atom is 0.305 e. The molecule has 0 fully saturated rings. The molecule has 0 saturated carbocycles. The number of aliphatic hydroxyl groups is 1. The van der Waals surface area contributed by atoms with Crippen LogP contribution in [0.25, 0.3) is 0 Å². The van der Waals surface area contributed by atoms with E-state index in [4.69, 9.17) is 4.74 Å². The molecule has 1 aromatic rings. The quantitative estimate of drug-likeness (QED) is 0.639. The van der Waals surface area contributed by atoms with Gasteiger partial charge >= 0.3 is 5.97 Å². The van der Waals surface area contributed by atoms with Crippen LogP contribution in [-0.2, 0) is 9.53 Å². The Hall–Kier alpha value is -1.79. The summed E-state index contributed by atoms with van der Waals surface area (Å²) in [4.78, 5) is 11.1. The van der Waals surface area contributed by atoms with Crippen LogP contribution in [0.15, 0.2) is 30.3 Å². The smallest absolute Gasteiger partial charge is 0.305 e. The van der Waals surface area contributed by atoms with Crippen molar-refractivity contribution in [3.8, 4) is 11.8 Å². The lowest BCUT2D eigenvalue weighted by atomic mass is 10.1. The number of carbonyl (C=O) groups excluding carboxylic acids is 1. The summed E-state index contributed by atoms with van der Waals surface area (Å²) in [7, 11) is 0. The lowest BCUT2D eigenvalue weighted by molar-refractivity contribution is -0.143. The van der Waals surface area contributed by atoms with Crippen LogP contribution in [-0.4, -0.2) is 23.8 Å². The molecular weight excluding hydrogens is 228 g/mol. The van der Waals surface area contributed by atoms with Gasteiger partial charge in [-0.3, -0.25) is 4.79 Å². The highest BCUT2D eigenvalue weighted by molar-refractivity contribution is 5.69. The summed E-state index contributed by atoms with van der Waals surface area (Å²) in [5, 5.41) is 9.63. The van der Waals surface area contributed by atoms with Gasteiger partial charge in [0.1, 0.15) is 6.10 Å². The van der Waals surface area contributed by atoms with Crippen LogP contribution in [0.4, 0.5) is 0 Å². The van der Waals surface area contributed by atoms with Crippen LogP contribution < -0.4 is 0 Å². The Morgan fingerprint density at radius 2 is 2.11 bits per heavy atom. The molecule has 1 atom stereocenters. The largest absolute Gasteiger partial charge is 0.466 e. The fraction of sp³-hybridized carbons (Fsp3) is 0.400. The van der Waals surface area contributed by atoms with Gasteiger partial charge in [0.15, 0.2) is 0 Å². The van der Waals surface area contributed by atoms with Crippen molar-refractivity contribution in [2.75, 3.05) is 6.61 Å². The van der Waals surface area contributed by atoms with Crippen LogP contribution >= 0.6 is 0 Å². The normalized spacial score (nSPS) is 11.2. The monoisotopic (exact) mass is 246 g/mol. The van der Waals surface area contributed by atoms with E-state index in [-0.39, 0.29) is 5.97 Å². The van der Waals surface area contributed by atoms with Crippen molar-refractivity contribution in [3.05, 3.63) is 35.9 Å². The first kappa shape index (κ1) is 14.3. The van der Waals surface area contributed by atoms with Crippen LogP contribution in [0.2, 0.25) is 0 Å². The summed E-state index contributed by atoms with van der Waals surface area (Å²) in [6.45, 7) is 2.17. The third-order valence-corrected chi connectivity index (χ3v) is 2.32. The van der Waals surface area contributed by atoms with Crippen molar-refractivity contribution in [2.45, 2.75) is 32.3 Å². The zero-order chi connectivity index (χ0) is 13.2. The number of rotatable bonds is 5. The minimum atomic E-state index is -0.695. The number of hydrogen-bond donors (Lipinski definition) is 1. The molecule has 1 rings (SSSR count). The Balaban J connectivity index is 2.28. The Morgan fingerprint density at radius 3 is 2.78 bits per heavy atom. The van der Waals surface area contributed by atoms with Crippen LogP contribution in [0, 0.1) is 11.8 Å². The minimum Gasteiger partial charge on any atom is -0.466 e. The van der Waals surface area contributed by atoms with Crippen molar-refractivity contribution in [3.63, 3.8) is 0 Å². The average molecular weight is 246 g/mol. The first-order chi connectivity index (χ1) is 8.72. The van der Waals surface area contributed by atoms with Crippen LogP contribution in [0.3, 0.4) is 0 Å². The topological polar surface area (TPSA) is 46.5 Å². The zero-order valence-electron chi connectivity index (χ0n) is 10.6. The highest BCUT2D eigenvalue weighted by Crippen LogP contribution is 2.02. The second-order valence-corrected chi connectivity index (χ2v) is 3.85. The van der Waals surface area contributed by atoms with E-state index in [9.17, 15) is 9.90 Å². The summed E-state index contributed by atoms with van der Waals surface area (Å²) < 4.78 is 4.80. The molecule has 0 bridgehead atoms. The van der Waals surface area contributed by atoms with E-state index < -0.39 is 6.10 Å². The molecule has 1 aromatic carbocycles. The molecule has 0 saturated heterocycles. The lowest BCUT2D eigenvalue weighted by Gasteiger charge is -2.03. The standard InChI is InChI=1S/C15H18O3/c1-2-18-15(17)10-6-9-14(16)12-11-13-7-4-3-5-8-13/h3-5,7-8,14,16H,2,6,9-10H2,1H3/t14-/m1/s1. The van der Waals surface area contributed by atoms with Gasteiger partial charge in [0.2, 0.25) is 0 Å². The first-order valence-electron chi connectivity index (χ1n) is 6.12. The molecule has 96 valence electrons. The molecule has 0 aromatic heterocycles. The molecule has 1 N–H and O–H groups in total. The summed E-state index contributed by atoms with van der Waals surface area (Å²) >= 11 is 0. The fourth-order valence-electron chi connectivity index (χ4n) is 1.43. The lowest BCUT2D eigenvalue weighted by Crippen LogP contribution is -2.07. The predicted octanol–water partition coefficient (Wildman–Crippen LogP) is 2.13. The fourth-order valence-corrected chi connectivity index (χ4v) is 1.43. The van der Waals surface area contributed by atoms with Crippen LogP contribution in [0.1, 0.15) is 31.7 Å². The molecular formula is C15H18O3. The number of aliphatic hydroxyl groups excluding tert-OH is 1. The molecule has 0 spiro atoms. The van der Waals surface area contributed by atoms with Crippen molar-refractivity contribution >= 4 is 5.97 Å². The highest BCUT2D eigenvalue weighted by Gasteiger charge is 2.04. The second-order valence-electron chi connectivity index (χ2n) is 3.85. The summed E-state index contributed by atoms with van der Waals surface area (Å²) in [6.07, 6.45) is 0.708. The maximum absolute atomic E-state index is 11.1. The minimum absolute atomic E-state index is 0.222. The number of hydrogen-bond acceptors (Lipinski definition) is 3. The van der Waals surface area contributed by atoms with Gasteiger partial charge < -0.3 is 9.84 Å². The van der Waals surface area contributed by atoms with Gasteiger partial charge in [-0.05, 0) is 31.9 Å². The van der Waals surface area contributed by atoms with E-state index in [0.717, 1.165) is 5.56 Å². The Kier molecular flexibility index (Phi) is 6.60. The van der Waals surface area contributed by atoms with Gasteiger partial charge in [-0.1, -0.05) is 30.0 Å². The van der Waals surface area contributed by atoms with E-state index in [0.29, 0.717) is 25.9 Å². The van der Waals surface area contributed by atoms with Gasteiger partial charge in [0.25, 0.3) is 0 Å². The summed E-state index contributed by atoms with van der Waals surface area (Å²) in [6, 6.07) is 9.49. The average Bonchev–Trinajstić information content (AvgIpc) is 2.38. The molecule has 0 aliphatic heterocycles. The van der Waals surface area contributed by atoms with Gasteiger partial charge in [-0.2, -0.15) is 0 Å². The molecule has 18 heavy (non-hydrogen) atoms. The number of esters is 1. The van der Waals surface area contributed by atoms with E-state index >= 15 is 0 Å². The Morgan fingerprint density at radius 1 is 1.39 bits per heavy atom. The third kappa shape index (κ3) is 6.07. The summed E-state index contributed by atoms with van der Waals surface area (Å²) in [5.74, 6) is 5.43. The molecule has 3 nitrogen and oxygen atoms in total. The van der Waals surface area contributed by atoms with E-state index in [2.05, 4.69) is 11.8 Å². The van der Waals surface area contributed by atoms with Gasteiger partial charge in [-0.15, -0.1) is 0 Å². The third-order valence-electron chi connectivity index (χ3n) is 2.32. The first-order valence-corrected chi connectivity index (χ1v) is 6.12. The predicted molar refractivity (Wildman–Crippen MR) is 69.8 cm³/mol. The SMILES string of the molecule is CCOC(=O)CCC[C@@H](O)C#Cc1ccccc1. The van der Waals surface area contributed by atoms with Crippen molar-refractivity contribution in [1.82, 2.24) is 0 Å². The molecule has 0 heterocycles. The van der Waals surface area contributed by atoms with Crippen molar-refractivity contribution in [1.29, 1.82) is 0 Å². The van der Waals surface area contributed by atoms with Gasteiger partial charge in [-0.25, -0.2) is 0 Å². The van der Waals surface area contributed by atoms with Gasteiger partial charge in [0, 0.05) is 12.0 Å². The molecule has 0 radical (unpaired) electrons. The number of ether oxygens (including phenoxy) is 1. The Labute approximate surface area is 108 Å². The Bertz CT molecular complexity index is 414. The maximum atomic E-state index is 11.1. The van der Waals surface area contributed by atoms with Crippen molar-refractivity contribution < 1.29 is 14.6 Å². The summed E-state index contributed by atoms with van der Waals surface area (Å²) in [5.41, 5.74) is 0.877. The van der Waals surface area contributed by atoms with E-state index in [1.165, 1.54) is 0 Å². The highest BCUT2D eigenvalue weighted by atomic mass is 16.5. The molecule has 0 amide bonds. The molecule has 3 heteroatoms. The van der Waals surface area contributed by atoms with E-state index in [1.807, 2.05) is 30.3 Å². The van der Waals surface area contributed by atoms with Crippen molar-refractivity contribution in [2.24, 2.45) is 0 Å². The van der Waals surface area contributed by atoms with Crippen LogP contribution in [0.5, 0.6) is 0 Å². The molecule has 0 unspecified atom stereocenters. The molecule has 0 aliphatic rings.